The molecule has 0 saturated heterocycles. The van der Waals surface area contributed by atoms with E-state index < -0.39 is 0 Å². The molecule has 0 radical (unpaired) electrons. The maximum Gasteiger partial charge on any atom is 0.102 e. The van der Waals surface area contributed by atoms with Crippen LogP contribution in [0.25, 0.3) is 0 Å². The largest absolute Gasteiger partial charge is 0.368 e. The van der Waals surface area contributed by atoms with Crippen molar-refractivity contribution in [2.24, 2.45) is 0 Å². The van der Waals surface area contributed by atoms with Crippen LogP contribution in [0.4, 0.5) is 0 Å². The summed E-state index contributed by atoms with van der Waals surface area (Å²) in [6, 6.07) is 0. The molecule has 0 aromatic carbocycles. The number of rotatable bonds is 6. The first-order valence-electron chi connectivity index (χ1n) is 5.16. The zero-order valence-corrected chi connectivity index (χ0v) is 9.18. The van der Waals surface area contributed by atoms with Crippen LogP contribution >= 0.6 is 0 Å². The second kappa shape index (κ2) is 4.25. The maximum absolute atomic E-state index is 5.63. The van der Waals surface area contributed by atoms with Gasteiger partial charge in [0.1, 0.15) is 6.54 Å². The average Bonchev–Trinajstić information content (AvgIpc) is 2.66. The molecule has 1 aliphatic rings. The Hall–Kier alpha value is -0.340. The Morgan fingerprint density at radius 1 is 1.46 bits per heavy atom. The fraction of sp³-hybridized carbons (Fsp3) is 0.818. The number of ether oxygens (including phenoxy) is 1. The molecular formula is C11H22NO+. The summed E-state index contributed by atoms with van der Waals surface area (Å²) in [4.78, 5) is 0. The molecule has 0 heterocycles. The third kappa shape index (κ3) is 3.92. The molecule has 2 heteroatoms. The minimum atomic E-state index is 0.390. The van der Waals surface area contributed by atoms with Crippen LogP contribution in [-0.4, -0.2) is 44.4 Å². The molecule has 0 aliphatic heterocycles. The Balaban J connectivity index is 2.06. The van der Waals surface area contributed by atoms with Gasteiger partial charge in [0.15, 0.2) is 0 Å². The Morgan fingerprint density at radius 2 is 2.08 bits per heavy atom. The van der Waals surface area contributed by atoms with Crippen molar-refractivity contribution in [3.63, 3.8) is 0 Å². The lowest BCUT2D eigenvalue weighted by Crippen LogP contribution is -2.42. The summed E-state index contributed by atoms with van der Waals surface area (Å²) < 4.78 is 6.70. The summed E-state index contributed by atoms with van der Waals surface area (Å²) >= 11 is 0. The molecule has 1 rings (SSSR count). The highest BCUT2D eigenvalue weighted by atomic mass is 16.5. The van der Waals surface area contributed by atoms with Gasteiger partial charge in [0.2, 0.25) is 0 Å². The highest BCUT2D eigenvalue weighted by Crippen LogP contribution is 2.30. The molecular weight excluding hydrogens is 162 g/mol. The summed E-state index contributed by atoms with van der Waals surface area (Å²) in [7, 11) is 4.52. The normalized spacial score (nSPS) is 22.1. The maximum atomic E-state index is 5.63. The number of hydrogen-bond acceptors (Lipinski definition) is 1. The van der Waals surface area contributed by atoms with Gasteiger partial charge in [0.25, 0.3) is 0 Å². The molecule has 13 heavy (non-hydrogen) atoms. The van der Waals surface area contributed by atoms with Crippen LogP contribution in [0.3, 0.4) is 0 Å². The highest BCUT2D eigenvalue weighted by Gasteiger charge is 2.28. The van der Waals surface area contributed by atoms with Crippen molar-refractivity contribution in [3.05, 3.63) is 12.2 Å². The van der Waals surface area contributed by atoms with Gasteiger partial charge in [-0.3, -0.25) is 0 Å². The highest BCUT2D eigenvalue weighted by molar-refractivity contribution is 5.21. The van der Waals surface area contributed by atoms with E-state index in [1.165, 1.54) is 18.5 Å². The quantitative estimate of drug-likeness (QED) is 0.452. The van der Waals surface area contributed by atoms with E-state index in [1.807, 2.05) is 0 Å². The zero-order valence-electron chi connectivity index (χ0n) is 9.18. The first-order valence-corrected chi connectivity index (χ1v) is 5.16. The van der Waals surface area contributed by atoms with Crippen LogP contribution in [0.15, 0.2) is 12.2 Å². The van der Waals surface area contributed by atoms with Gasteiger partial charge in [-0.25, -0.2) is 0 Å². The zero-order chi connectivity index (χ0) is 9.90. The van der Waals surface area contributed by atoms with Crippen LogP contribution in [0.5, 0.6) is 0 Å². The van der Waals surface area contributed by atoms with Gasteiger partial charge in [-0.15, -0.1) is 0 Å². The van der Waals surface area contributed by atoms with Crippen molar-refractivity contribution in [1.82, 2.24) is 0 Å². The van der Waals surface area contributed by atoms with E-state index in [0.717, 1.165) is 24.1 Å². The van der Waals surface area contributed by atoms with Gasteiger partial charge in [0, 0.05) is 6.42 Å². The van der Waals surface area contributed by atoms with Crippen LogP contribution < -0.4 is 0 Å². The predicted molar refractivity (Wildman–Crippen MR) is 55.6 cm³/mol. The van der Waals surface area contributed by atoms with Crippen molar-refractivity contribution in [3.8, 4) is 0 Å². The molecule has 0 N–H and O–H groups in total. The smallest absolute Gasteiger partial charge is 0.102 e. The lowest BCUT2D eigenvalue weighted by atomic mass is 10.4. The SMILES string of the molecule is C=C1CC1OCC[N+](C)(C)CCC. The Morgan fingerprint density at radius 3 is 2.54 bits per heavy atom. The van der Waals surface area contributed by atoms with E-state index in [2.05, 4.69) is 27.6 Å². The standard InChI is InChI=1S/C11H22NO/c1-5-6-12(3,4)7-8-13-11-9-10(11)2/h11H,2,5-9H2,1,3-4H3/q+1. The molecule has 1 saturated carbocycles. The molecule has 76 valence electrons. The summed E-state index contributed by atoms with van der Waals surface area (Å²) in [5.41, 5.74) is 1.26. The Bertz CT molecular complexity index is 187. The molecule has 1 atom stereocenters. The van der Waals surface area contributed by atoms with E-state index in [-0.39, 0.29) is 0 Å². The summed E-state index contributed by atoms with van der Waals surface area (Å²) in [5, 5.41) is 0. The molecule has 0 aromatic heterocycles. The van der Waals surface area contributed by atoms with E-state index in [0.29, 0.717) is 6.10 Å². The first-order chi connectivity index (χ1) is 6.05. The van der Waals surface area contributed by atoms with Crippen molar-refractivity contribution >= 4 is 0 Å². The van der Waals surface area contributed by atoms with E-state index in [9.17, 15) is 0 Å². The van der Waals surface area contributed by atoms with Gasteiger partial charge in [-0.05, 0) is 12.0 Å². The van der Waals surface area contributed by atoms with Gasteiger partial charge in [-0.1, -0.05) is 13.5 Å². The molecule has 0 aromatic rings. The van der Waals surface area contributed by atoms with Gasteiger partial charge >= 0.3 is 0 Å². The minimum absolute atomic E-state index is 0.390. The average molecular weight is 184 g/mol. The molecule has 0 bridgehead atoms. The van der Waals surface area contributed by atoms with Crippen LogP contribution in [-0.2, 0) is 4.74 Å². The van der Waals surface area contributed by atoms with Crippen LogP contribution in [0.1, 0.15) is 19.8 Å². The van der Waals surface area contributed by atoms with Crippen molar-refractivity contribution in [1.29, 1.82) is 0 Å². The number of quaternary nitrogens is 1. The fourth-order valence-corrected chi connectivity index (χ4v) is 1.52. The lowest BCUT2D eigenvalue weighted by molar-refractivity contribution is -0.890. The molecule has 1 fully saturated rings. The van der Waals surface area contributed by atoms with Crippen LogP contribution in [0, 0.1) is 0 Å². The second-order valence-electron chi connectivity index (χ2n) is 4.60. The third-order valence-corrected chi connectivity index (χ3v) is 2.59. The fourth-order valence-electron chi connectivity index (χ4n) is 1.52. The second-order valence-corrected chi connectivity index (χ2v) is 4.60. The molecule has 0 spiro atoms. The van der Waals surface area contributed by atoms with E-state index >= 15 is 0 Å². The molecule has 1 aliphatic carbocycles. The monoisotopic (exact) mass is 184 g/mol. The Labute approximate surface area is 81.8 Å². The minimum Gasteiger partial charge on any atom is -0.368 e. The van der Waals surface area contributed by atoms with Gasteiger partial charge in [-0.2, -0.15) is 0 Å². The number of likely N-dealkylation sites (N-methyl/N-ethyl adjacent to an activating group) is 1. The van der Waals surface area contributed by atoms with E-state index in [1.54, 1.807) is 0 Å². The van der Waals surface area contributed by atoms with Gasteiger partial charge in [0.05, 0.1) is 33.4 Å². The van der Waals surface area contributed by atoms with Crippen molar-refractivity contribution < 1.29 is 9.22 Å². The van der Waals surface area contributed by atoms with Crippen molar-refractivity contribution in [2.75, 3.05) is 33.8 Å². The predicted octanol–water partition coefficient (Wildman–Crippen LogP) is 1.82. The van der Waals surface area contributed by atoms with Gasteiger partial charge < -0.3 is 9.22 Å². The third-order valence-electron chi connectivity index (χ3n) is 2.59. The van der Waals surface area contributed by atoms with Crippen LogP contribution in [0.2, 0.25) is 0 Å². The molecule has 2 nitrogen and oxygen atoms in total. The number of nitrogens with zero attached hydrogens (tertiary/aromatic N) is 1. The first kappa shape index (κ1) is 10.7. The summed E-state index contributed by atoms with van der Waals surface area (Å²) in [6.45, 7) is 9.31. The number of hydrogen-bond donors (Lipinski definition) is 0. The van der Waals surface area contributed by atoms with Crippen molar-refractivity contribution in [2.45, 2.75) is 25.9 Å². The van der Waals surface area contributed by atoms with E-state index in [4.69, 9.17) is 4.74 Å². The molecule has 1 unspecified atom stereocenters. The summed E-state index contributed by atoms with van der Waals surface area (Å²) in [5.74, 6) is 0. The Kier molecular flexibility index (Phi) is 3.51. The summed E-state index contributed by atoms with van der Waals surface area (Å²) in [6.07, 6.45) is 2.71. The lowest BCUT2D eigenvalue weighted by Gasteiger charge is -2.29. The molecule has 0 amide bonds. The topological polar surface area (TPSA) is 9.23 Å².